The molecule has 0 saturated heterocycles. The number of hydrogen-bond donors (Lipinski definition) is 1. The topological polar surface area (TPSA) is 52.0 Å². The van der Waals surface area contributed by atoms with E-state index in [1.54, 1.807) is 16.8 Å². The first-order chi connectivity index (χ1) is 12.6. The number of alkyl halides is 2. The monoisotopic (exact) mass is 466 g/mol. The molecule has 0 spiro atoms. The molecule has 8 heteroatoms. The van der Waals surface area contributed by atoms with E-state index >= 15 is 0 Å². The molecule has 0 fully saturated rings. The lowest BCUT2D eigenvalue weighted by molar-refractivity contribution is -0.0498. The molecule has 132 valence electrons. The first-order valence-electron chi connectivity index (χ1n) is 7.79. The zero-order valence-electron chi connectivity index (χ0n) is 13.3. The van der Waals surface area contributed by atoms with Crippen LogP contribution in [-0.4, -0.2) is 21.4 Å². The summed E-state index contributed by atoms with van der Waals surface area (Å²) in [5, 5.41) is 7.55. The number of hydrogen-bond acceptors (Lipinski definition) is 4. The third-order valence-electron chi connectivity index (χ3n) is 4.01. The minimum absolute atomic E-state index is 0.123. The van der Waals surface area contributed by atoms with E-state index < -0.39 is 6.61 Å². The fourth-order valence-electron chi connectivity index (χ4n) is 2.82. The maximum absolute atomic E-state index is 12.3. The highest BCUT2D eigenvalue weighted by molar-refractivity contribution is 14.1. The number of halogens is 3. The summed E-state index contributed by atoms with van der Waals surface area (Å²) >= 11 is 2.26. The maximum atomic E-state index is 12.3. The van der Waals surface area contributed by atoms with E-state index in [0.717, 1.165) is 20.4 Å². The van der Waals surface area contributed by atoms with Crippen LogP contribution in [0.15, 0.2) is 60.9 Å². The van der Waals surface area contributed by atoms with Crippen molar-refractivity contribution in [2.24, 2.45) is 0 Å². The Bertz CT molecular complexity index is 939. The summed E-state index contributed by atoms with van der Waals surface area (Å²) in [6.07, 6.45) is 3.52. The van der Waals surface area contributed by atoms with Crippen LogP contribution in [0.5, 0.6) is 5.75 Å². The largest absolute Gasteiger partial charge is 0.435 e. The number of fused-ring (bicyclic) bond motifs is 1. The van der Waals surface area contributed by atoms with Gasteiger partial charge in [0, 0.05) is 9.27 Å². The third kappa shape index (κ3) is 3.41. The summed E-state index contributed by atoms with van der Waals surface area (Å²) in [6, 6.07) is 14.5. The van der Waals surface area contributed by atoms with Gasteiger partial charge in [-0.15, -0.1) is 0 Å². The Morgan fingerprint density at radius 2 is 1.81 bits per heavy atom. The molecule has 0 radical (unpaired) electrons. The highest BCUT2D eigenvalue weighted by Crippen LogP contribution is 2.32. The highest BCUT2D eigenvalue weighted by Gasteiger charge is 2.23. The van der Waals surface area contributed by atoms with Gasteiger partial charge in [0.2, 0.25) is 5.95 Å². The van der Waals surface area contributed by atoms with Crippen LogP contribution in [0.25, 0.3) is 5.70 Å². The summed E-state index contributed by atoms with van der Waals surface area (Å²) in [5.74, 6) is 0.747. The number of benzene rings is 2. The van der Waals surface area contributed by atoms with Crippen molar-refractivity contribution in [3.63, 3.8) is 0 Å². The van der Waals surface area contributed by atoms with Gasteiger partial charge in [0.25, 0.3) is 0 Å². The molecule has 4 rings (SSSR count). The van der Waals surface area contributed by atoms with Gasteiger partial charge in [0.05, 0.1) is 0 Å². The van der Waals surface area contributed by atoms with E-state index in [4.69, 9.17) is 0 Å². The fraction of sp³-hybridized carbons (Fsp3) is 0.111. The van der Waals surface area contributed by atoms with E-state index in [-0.39, 0.29) is 11.8 Å². The Morgan fingerprint density at radius 1 is 1.08 bits per heavy atom. The molecule has 1 aliphatic rings. The Balaban J connectivity index is 1.70. The standard InChI is InChI=1S/C18H13F2IN4O/c19-17(20)26-14-7-3-12(4-8-14)16-9-15(11-1-5-13(21)6-2-11)24-18-22-10-23-25(16)18/h1-10,16-17H,(H,22,23,24)/t16-/m0/s1. The molecule has 0 saturated carbocycles. The van der Waals surface area contributed by atoms with Gasteiger partial charge in [0.15, 0.2) is 0 Å². The van der Waals surface area contributed by atoms with Gasteiger partial charge in [-0.05, 0) is 64.1 Å². The average molecular weight is 466 g/mol. The SMILES string of the molecule is FC(F)Oc1ccc([C@@H]2C=C(c3ccc(I)cc3)Nc3ncnn32)cc1. The normalized spacial score (nSPS) is 16.0. The molecule has 0 unspecified atom stereocenters. The molecule has 1 aromatic heterocycles. The van der Waals surface area contributed by atoms with Gasteiger partial charge in [-0.1, -0.05) is 24.3 Å². The Labute approximate surface area is 161 Å². The van der Waals surface area contributed by atoms with Crippen molar-refractivity contribution in [2.75, 3.05) is 5.32 Å². The Morgan fingerprint density at radius 3 is 2.50 bits per heavy atom. The van der Waals surface area contributed by atoms with Gasteiger partial charge in [-0.2, -0.15) is 18.9 Å². The molecule has 1 atom stereocenters. The molecule has 0 amide bonds. The van der Waals surface area contributed by atoms with Crippen molar-refractivity contribution < 1.29 is 13.5 Å². The molecule has 0 bridgehead atoms. The zero-order chi connectivity index (χ0) is 18.1. The minimum Gasteiger partial charge on any atom is -0.435 e. The zero-order valence-corrected chi connectivity index (χ0v) is 15.5. The number of nitrogens with one attached hydrogen (secondary N) is 1. The number of ether oxygens (including phenoxy) is 1. The number of aromatic nitrogens is 3. The lowest BCUT2D eigenvalue weighted by Gasteiger charge is -2.24. The first kappa shape index (κ1) is 17.0. The smallest absolute Gasteiger partial charge is 0.387 e. The number of rotatable bonds is 4. The van der Waals surface area contributed by atoms with Crippen LogP contribution in [0.4, 0.5) is 14.7 Å². The summed E-state index contributed by atoms with van der Waals surface area (Å²) < 4.78 is 32.0. The van der Waals surface area contributed by atoms with Gasteiger partial charge in [-0.3, -0.25) is 0 Å². The lowest BCUT2D eigenvalue weighted by Crippen LogP contribution is -2.20. The van der Waals surface area contributed by atoms with Crippen LogP contribution in [0.3, 0.4) is 0 Å². The van der Waals surface area contributed by atoms with Crippen molar-refractivity contribution >= 4 is 34.2 Å². The van der Waals surface area contributed by atoms with Crippen molar-refractivity contribution in [3.8, 4) is 5.75 Å². The van der Waals surface area contributed by atoms with Crippen LogP contribution < -0.4 is 10.1 Å². The average Bonchev–Trinajstić information content (AvgIpc) is 3.10. The molecular formula is C18H13F2IN4O. The molecule has 1 aliphatic heterocycles. The molecule has 1 N–H and O–H groups in total. The van der Waals surface area contributed by atoms with Gasteiger partial charge in [0.1, 0.15) is 18.1 Å². The van der Waals surface area contributed by atoms with Crippen molar-refractivity contribution in [3.05, 3.63) is 75.6 Å². The maximum Gasteiger partial charge on any atom is 0.387 e. The lowest BCUT2D eigenvalue weighted by atomic mass is 10.0. The number of allylic oxidation sites excluding steroid dienone is 1. The fourth-order valence-corrected chi connectivity index (χ4v) is 3.17. The molecule has 5 nitrogen and oxygen atoms in total. The van der Waals surface area contributed by atoms with E-state index in [1.165, 1.54) is 18.5 Å². The first-order valence-corrected chi connectivity index (χ1v) is 8.87. The molecule has 3 aromatic rings. The van der Waals surface area contributed by atoms with Gasteiger partial charge in [-0.25, -0.2) is 4.68 Å². The van der Waals surface area contributed by atoms with E-state index in [2.05, 4.69) is 42.7 Å². The van der Waals surface area contributed by atoms with Gasteiger partial charge >= 0.3 is 6.61 Å². The van der Waals surface area contributed by atoms with Crippen LogP contribution in [0.2, 0.25) is 0 Å². The summed E-state index contributed by atoms with van der Waals surface area (Å²) in [4.78, 5) is 4.26. The number of nitrogens with zero attached hydrogens (tertiary/aromatic N) is 3. The molecule has 2 aromatic carbocycles. The summed E-state index contributed by atoms with van der Waals surface area (Å²) in [6.45, 7) is -2.84. The van der Waals surface area contributed by atoms with Crippen molar-refractivity contribution in [1.82, 2.24) is 14.8 Å². The van der Waals surface area contributed by atoms with Gasteiger partial charge < -0.3 is 10.1 Å². The summed E-state index contributed by atoms with van der Waals surface area (Å²) in [7, 11) is 0. The van der Waals surface area contributed by atoms with Crippen LogP contribution >= 0.6 is 22.6 Å². The Kier molecular flexibility index (Phi) is 4.58. The molecule has 0 aliphatic carbocycles. The molecule has 26 heavy (non-hydrogen) atoms. The van der Waals surface area contributed by atoms with Crippen LogP contribution in [0, 0.1) is 3.57 Å². The van der Waals surface area contributed by atoms with Crippen molar-refractivity contribution in [1.29, 1.82) is 0 Å². The minimum atomic E-state index is -2.84. The second-order valence-corrected chi connectivity index (χ2v) is 6.88. The van der Waals surface area contributed by atoms with Crippen LogP contribution in [0.1, 0.15) is 17.2 Å². The predicted molar refractivity (Wildman–Crippen MR) is 102 cm³/mol. The second kappa shape index (κ2) is 7.02. The van der Waals surface area contributed by atoms with Crippen molar-refractivity contribution in [2.45, 2.75) is 12.7 Å². The highest BCUT2D eigenvalue weighted by atomic mass is 127. The van der Waals surface area contributed by atoms with E-state index in [1.807, 2.05) is 30.3 Å². The molecular weight excluding hydrogens is 453 g/mol. The van der Waals surface area contributed by atoms with E-state index in [9.17, 15) is 8.78 Å². The molecule has 2 heterocycles. The van der Waals surface area contributed by atoms with E-state index in [0.29, 0.717) is 5.95 Å². The Hall–Kier alpha value is -2.49. The predicted octanol–water partition coefficient (Wildman–Crippen LogP) is 4.54. The number of anilines is 1. The van der Waals surface area contributed by atoms with Crippen LogP contribution in [-0.2, 0) is 0 Å². The quantitative estimate of drug-likeness (QED) is 0.574. The second-order valence-electron chi connectivity index (χ2n) is 5.63. The summed E-state index contributed by atoms with van der Waals surface area (Å²) in [5.41, 5.74) is 2.84. The third-order valence-corrected chi connectivity index (χ3v) is 4.73.